The first kappa shape index (κ1) is 11.1. The van der Waals surface area contributed by atoms with Crippen molar-refractivity contribution in [1.29, 1.82) is 0 Å². The van der Waals surface area contributed by atoms with Crippen LogP contribution in [0.25, 0.3) is 21.9 Å². The van der Waals surface area contributed by atoms with Crippen LogP contribution in [0.2, 0.25) is 5.02 Å². The van der Waals surface area contributed by atoms with E-state index in [0.717, 1.165) is 16.3 Å². The fraction of sp³-hybridized carbons (Fsp3) is 0.0769. The van der Waals surface area contributed by atoms with Gasteiger partial charge < -0.3 is 4.42 Å². The number of benzene rings is 2. The average Bonchev–Trinajstić information content (AvgIpc) is 2.65. The Morgan fingerprint density at radius 2 is 1.88 bits per heavy atom. The van der Waals surface area contributed by atoms with Gasteiger partial charge in [0.25, 0.3) is 0 Å². The summed E-state index contributed by atoms with van der Waals surface area (Å²) in [6.45, 7) is 0. The predicted octanol–water partition coefficient (Wildman–Crippen LogP) is 5.27. The molecule has 4 heteroatoms. The molecule has 3 aromatic rings. The molecule has 2 aromatic carbocycles. The highest BCUT2D eigenvalue weighted by Crippen LogP contribution is 2.33. The van der Waals surface area contributed by atoms with E-state index in [-0.39, 0.29) is 5.82 Å². The van der Waals surface area contributed by atoms with Gasteiger partial charge in [-0.25, -0.2) is 4.39 Å². The van der Waals surface area contributed by atoms with Crippen molar-refractivity contribution in [3.63, 3.8) is 0 Å². The lowest BCUT2D eigenvalue weighted by atomic mass is 10.1. The van der Waals surface area contributed by atoms with Gasteiger partial charge in [0.15, 0.2) is 0 Å². The Hall–Kier alpha value is -1.06. The van der Waals surface area contributed by atoms with Gasteiger partial charge in [0, 0.05) is 27.2 Å². The lowest BCUT2D eigenvalue weighted by Gasteiger charge is -1.99. The summed E-state index contributed by atoms with van der Waals surface area (Å²) in [5, 5.41) is 2.97. The van der Waals surface area contributed by atoms with Crippen molar-refractivity contribution >= 4 is 49.5 Å². The molecular weight excluding hydrogens is 306 g/mol. The van der Waals surface area contributed by atoms with Gasteiger partial charge in [-0.1, -0.05) is 27.5 Å². The summed E-state index contributed by atoms with van der Waals surface area (Å²) in [6.07, 6.45) is 0. The van der Waals surface area contributed by atoms with Crippen molar-refractivity contribution < 1.29 is 8.81 Å². The molecular formula is C13H7BrClFO. The lowest BCUT2D eigenvalue weighted by Crippen LogP contribution is -1.79. The van der Waals surface area contributed by atoms with Crippen molar-refractivity contribution in [1.82, 2.24) is 0 Å². The summed E-state index contributed by atoms with van der Waals surface area (Å²) in [4.78, 5) is 0. The number of hydrogen-bond acceptors (Lipinski definition) is 1. The van der Waals surface area contributed by atoms with Gasteiger partial charge in [0.1, 0.15) is 17.0 Å². The maximum absolute atomic E-state index is 13.2. The maximum Gasteiger partial charge on any atom is 0.136 e. The number of fused-ring (bicyclic) bond motifs is 3. The Balaban J connectivity index is 2.46. The van der Waals surface area contributed by atoms with Crippen LogP contribution in [-0.4, -0.2) is 0 Å². The summed E-state index contributed by atoms with van der Waals surface area (Å²) in [5.74, 6) is -0.268. The van der Waals surface area contributed by atoms with Crippen molar-refractivity contribution in [2.75, 3.05) is 0 Å². The van der Waals surface area contributed by atoms with Crippen molar-refractivity contribution in [2.24, 2.45) is 0 Å². The van der Waals surface area contributed by atoms with Gasteiger partial charge in [-0.3, -0.25) is 0 Å². The normalized spacial score (nSPS) is 11.5. The molecule has 1 aromatic heterocycles. The SMILES string of the molecule is Fc1ccc2oc3cc(Cl)c(CBr)cc3c2c1. The quantitative estimate of drug-likeness (QED) is 0.558. The molecule has 0 unspecified atom stereocenters. The van der Waals surface area contributed by atoms with Crippen LogP contribution >= 0.6 is 27.5 Å². The minimum atomic E-state index is -0.268. The first-order valence-corrected chi connectivity index (χ1v) is 6.55. The second-order valence-corrected chi connectivity index (χ2v) is 4.78. The first-order chi connectivity index (χ1) is 8.19. The van der Waals surface area contributed by atoms with E-state index in [1.165, 1.54) is 12.1 Å². The number of hydrogen-bond donors (Lipinski definition) is 0. The number of alkyl halides is 1. The van der Waals surface area contributed by atoms with Crippen molar-refractivity contribution in [2.45, 2.75) is 5.33 Å². The molecule has 0 bridgehead atoms. The smallest absolute Gasteiger partial charge is 0.136 e. The van der Waals surface area contributed by atoms with Crippen molar-refractivity contribution in [3.05, 3.63) is 46.7 Å². The highest BCUT2D eigenvalue weighted by Gasteiger charge is 2.10. The zero-order valence-corrected chi connectivity index (χ0v) is 11.0. The summed E-state index contributed by atoms with van der Waals surface area (Å²) < 4.78 is 18.8. The molecule has 0 aliphatic rings. The minimum absolute atomic E-state index is 0.268. The third-order valence-electron chi connectivity index (χ3n) is 2.74. The summed E-state index contributed by atoms with van der Waals surface area (Å²) >= 11 is 9.47. The van der Waals surface area contributed by atoms with Crippen LogP contribution < -0.4 is 0 Å². The van der Waals surface area contributed by atoms with E-state index in [1.807, 2.05) is 6.07 Å². The van der Waals surface area contributed by atoms with Crippen molar-refractivity contribution in [3.8, 4) is 0 Å². The molecule has 0 aliphatic heterocycles. The van der Waals surface area contributed by atoms with Crippen LogP contribution in [0, 0.1) is 5.82 Å². The monoisotopic (exact) mass is 312 g/mol. The summed E-state index contributed by atoms with van der Waals surface area (Å²) in [5.41, 5.74) is 2.32. The Morgan fingerprint density at radius 3 is 2.65 bits per heavy atom. The molecule has 0 fully saturated rings. The molecule has 1 heterocycles. The molecule has 0 spiro atoms. The highest BCUT2D eigenvalue weighted by atomic mass is 79.9. The molecule has 86 valence electrons. The number of furan rings is 1. The van der Waals surface area contributed by atoms with E-state index in [4.69, 9.17) is 16.0 Å². The fourth-order valence-electron chi connectivity index (χ4n) is 1.92. The summed E-state index contributed by atoms with van der Waals surface area (Å²) in [7, 11) is 0. The average molecular weight is 314 g/mol. The molecule has 0 atom stereocenters. The fourth-order valence-corrected chi connectivity index (χ4v) is 2.76. The van der Waals surface area contributed by atoms with Gasteiger partial charge in [0.05, 0.1) is 0 Å². The zero-order valence-electron chi connectivity index (χ0n) is 8.64. The highest BCUT2D eigenvalue weighted by molar-refractivity contribution is 9.08. The molecule has 3 rings (SSSR count). The van der Waals surface area contributed by atoms with E-state index in [9.17, 15) is 4.39 Å². The molecule has 1 nitrogen and oxygen atoms in total. The third kappa shape index (κ3) is 1.74. The second-order valence-electron chi connectivity index (χ2n) is 3.82. The van der Waals surface area contributed by atoms with Gasteiger partial charge in [-0.15, -0.1) is 0 Å². The van der Waals surface area contributed by atoms with E-state index in [0.29, 0.717) is 21.5 Å². The van der Waals surface area contributed by atoms with Crippen LogP contribution in [0.4, 0.5) is 4.39 Å². The molecule has 0 N–H and O–H groups in total. The minimum Gasteiger partial charge on any atom is -0.456 e. The lowest BCUT2D eigenvalue weighted by molar-refractivity contribution is 0.626. The van der Waals surface area contributed by atoms with Gasteiger partial charge >= 0.3 is 0 Å². The van der Waals surface area contributed by atoms with E-state index in [2.05, 4.69) is 15.9 Å². The van der Waals surface area contributed by atoms with Gasteiger partial charge in [-0.05, 0) is 29.8 Å². The predicted molar refractivity (Wildman–Crippen MR) is 71.3 cm³/mol. The summed E-state index contributed by atoms with van der Waals surface area (Å²) in [6, 6.07) is 8.19. The van der Waals surface area contributed by atoms with Crippen LogP contribution in [-0.2, 0) is 5.33 Å². The Kier molecular flexibility index (Phi) is 2.60. The Bertz CT molecular complexity index is 720. The zero-order chi connectivity index (χ0) is 12.0. The second kappa shape index (κ2) is 4.00. The molecule has 0 radical (unpaired) electrons. The van der Waals surface area contributed by atoms with Crippen LogP contribution in [0.3, 0.4) is 0 Å². The largest absolute Gasteiger partial charge is 0.456 e. The first-order valence-electron chi connectivity index (χ1n) is 5.05. The standard InChI is InChI=1S/C13H7BrClFO/c14-6-7-3-9-10-4-8(16)1-2-12(10)17-13(9)5-11(7)15/h1-5H,6H2. The Labute approximate surface area is 110 Å². The van der Waals surface area contributed by atoms with E-state index in [1.54, 1.807) is 12.1 Å². The molecule has 0 amide bonds. The van der Waals surface area contributed by atoms with Crippen LogP contribution in [0.1, 0.15) is 5.56 Å². The van der Waals surface area contributed by atoms with Crippen LogP contribution in [0.5, 0.6) is 0 Å². The molecule has 0 saturated carbocycles. The van der Waals surface area contributed by atoms with Crippen LogP contribution in [0.15, 0.2) is 34.7 Å². The molecule has 0 aliphatic carbocycles. The maximum atomic E-state index is 13.2. The van der Waals surface area contributed by atoms with Gasteiger partial charge in [0.2, 0.25) is 0 Å². The molecule has 0 saturated heterocycles. The topological polar surface area (TPSA) is 13.1 Å². The van der Waals surface area contributed by atoms with E-state index < -0.39 is 0 Å². The number of rotatable bonds is 1. The van der Waals surface area contributed by atoms with Gasteiger partial charge in [-0.2, -0.15) is 0 Å². The molecule has 17 heavy (non-hydrogen) atoms. The number of halogens is 3. The van der Waals surface area contributed by atoms with E-state index >= 15 is 0 Å². The Morgan fingerprint density at radius 1 is 1.12 bits per heavy atom. The third-order valence-corrected chi connectivity index (χ3v) is 3.70.